The maximum Gasteiger partial charge on any atom is 0.107 e. The summed E-state index contributed by atoms with van der Waals surface area (Å²) in [6.07, 6.45) is 2.13. The van der Waals surface area contributed by atoms with Gasteiger partial charge >= 0.3 is 0 Å². The lowest BCUT2D eigenvalue weighted by Gasteiger charge is -1.94. The van der Waals surface area contributed by atoms with Crippen molar-refractivity contribution < 1.29 is 0 Å². The van der Waals surface area contributed by atoms with Crippen molar-refractivity contribution in [2.75, 3.05) is 0 Å². The SMILES string of the molecule is Cn1cc(-c2csc(CN)n2)c2ccccc21. The van der Waals surface area contributed by atoms with Gasteiger partial charge in [-0.15, -0.1) is 11.3 Å². The fourth-order valence-corrected chi connectivity index (χ4v) is 2.75. The Balaban J connectivity index is 2.23. The average molecular weight is 243 g/mol. The van der Waals surface area contributed by atoms with Gasteiger partial charge in [0, 0.05) is 41.6 Å². The van der Waals surface area contributed by atoms with Gasteiger partial charge in [0.2, 0.25) is 0 Å². The van der Waals surface area contributed by atoms with Crippen molar-refractivity contribution >= 4 is 22.2 Å². The predicted molar refractivity (Wildman–Crippen MR) is 71.9 cm³/mol. The molecule has 1 aromatic carbocycles. The van der Waals surface area contributed by atoms with Gasteiger partial charge in [-0.05, 0) is 6.07 Å². The minimum absolute atomic E-state index is 0.509. The monoisotopic (exact) mass is 243 g/mol. The quantitative estimate of drug-likeness (QED) is 0.752. The Morgan fingerprint density at radius 1 is 1.35 bits per heavy atom. The van der Waals surface area contributed by atoms with Gasteiger partial charge in [0.25, 0.3) is 0 Å². The Kier molecular flexibility index (Phi) is 2.46. The van der Waals surface area contributed by atoms with E-state index >= 15 is 0 Å². The second-order valence-corrected chi connectivity index (χ2v) is 4.94. The second kappa shape index (κ2) is 3.98. The van der Waals surface area contributed by atoms with Crippen LogP contribution >= 0.6 is 11.3 Å². The molecule has 0 bridgehead atoms. The molecule has 0 unspecified atom stereocenters. The van der Waals surface area contributed by atoms with Crippen molar-refractivity contribution in [3.63, 3.8) is 0 Å². The van der Waals surface area contributed by atoms with Crippen LogP contribution in [0.5, 0.6) is 0 Å². The Bertz CT molecular complexity index is 666. The highest BCUT2D eigenvalue weighted by Gasteiger charge is 2.10. The normalized spacial score (nSPS) is 11.2. The van der Waals surface area contributed by atoms with E-state index in [0.717, 1.165) is 10.7 Å². The molecule has 2 N–H and O–H groups in total. The summed E-state index contributed by atoms with van der Waals surface area (Å²) < 4.78 is 2.13. The third-order valence-corrected chi connectivity index (χ3v) is 3.77. The standard InChI is InChI=1S/C13H13N3S/c1-16-7-10(9-4-2-3-5-12(9)16)11-8-17-13(6-14)15-11/h2-5,7-8H,6,14H2,1H3. The maximum atomic E-state index is 5.60. The highest BCUT2D eigenvalue weighted by atomic mass is 32.1. The van der Waals surface area contributed by atoms with Gasteiger partial charge in [0.1, 0.15) is 5.01 Å². The first-order valence-corrected chi connectivity index (χ1v) is 6.36. The highest BCUT2D eigenvalue weighted by Crippen LogP contribution is 2.30. The highest BCUT2D eigenvalue weighted by molar-refractivity contribution is 7.09. The lowest BCUT2D eigenvalue weighted by atomic mass is 10.1. The number of hydrogen-bond acceptors (Lipinski definition) is 3. The van der Waals surface area contributed by atoms with Crippen molar-refractivity contribution in [3.8, 4) is 11.3 Å². The molecule has 0 spiro atoms. The summed E-state index contributed by atoms with van der Waals surface area (Å²) in [6.45, 7) is 0.509. The fourth-order valence-electron chi connectivity index (χ4n) is 2.07. The summed E-state index contributed by atoms with van der Waals surface area (Å²) in [5, 5.41) is 4.29. The van der Waals surface area contributed by atoms with Gasteiger partial charge in [0.05, 0.1) is 5.69 Å². The van der Waals surface area contributed by atoms with Crippen molar-refractivity contribution in [2.45, 2.75) is 6.54 Å². The van der Waals surface area contributed by atoms with Crippen LogP contribution < -0.4 is 5.73 Å². The number of aryl methyl sites for hydroxylation is 1. The number of thiazole rings is 1. The molecule has 0 aliphatic heterocycles. The third kappa shape index (κ3) is 1.66. The topological polar surface area (TPSA) is 43.8 Å². The predicted octanol–water partition coefficient (Wildman–Crippen LogP) is 2.76. The number of fused-ring (bicyclic) bond motifs is 1. The lowest BCUT2D eigenvalue weighted by molar-refractivity contribution is 0.969. The third-order valence-electron chi connectivity index (χ3n) is 2.90. The molecule has 0 aliphatic carbocycles. The zero-order chi connectivity index (χ0) is 11.8. The number of hydrogen-bond donors (Lipinski definition) is 1. The van der Waals surface area contributed by atoms with Crippen molar-refractivity contribution in [1.29, 1.82) is 0 Å². The van der Waals surface area contributed by atoms with E-state index in [0.29, 0.717) is 6.54 Å². The molecule has 0 atom stereocenters. The lowest BCUT2D eigenvalue weighted by Crippen LogP contribution is -1.94. The molecule has 0 aliphatic rings. The first-order valence-electron chi connectivity index (χ1n) is 5.48. The van der Waals surface area contributed by atoms with Crippen LogP contribution in [0.2, 0.25) is 0 Å². The summed E-state index contributed by atoms with van der Waals surface area (Å²) in [6, 6.07) is 8.36. The molecule has 2 heterocycles. The molecular weight excluding hydrogens is 230 g/mol. The van der Waals surface area contributed by atoms with Gasteiger partial charge < -0.3 is 10.3 Å². The minimum atomic E-state index is 0.509. The summed E-state index contributed by atoms with van der Waals surface area (Å²) in [7, 11) is 2.06. The number of aromatic nitrogens is 2. The van der Waals surface area contributed by atoms with Crippen LogP contribution in [-0.4, -0.2) is 9.55 Å². The van der Waals surface area contributed by atoms with Gasteiger partial charge in [-0.2, -0.15) is 0 Å². The molecule has 0 saturated heterocycles. The molecule has 2 aromatic heterocycles. The van der Waals surface area contributed by atoms with E-state index in [4.69, 9.17) is 5.73 Å². The molecule has 3 aromatic rings. The molecule has 0 radical (unpaired) electrons. The Morgan fingerprint density at radius 3 is 2.94 bits per heavy atom. The van der Waals surface area contributed by atoms with Gasteiger partial charge in [-0.25, -0.2) is 4.98 Å². The number of para-hydroxylation sites is 1. The Morgan fingerprint density at radius 2 is 2.18 bits per heavy atom. The molecule has 86 valence electrons. The van der Waals surface area contributed by atoms with Gasteiger partial charge in [-0.1, -0.05) is 18.2 Å². The molecule has 3 nitrogen and oxygen atoms in total. The van der Waals surface area contributed by atoms with Crippen molar-refractivity contribution in [1.82, 2.24) is 9.55 Å². The van der Waals surface area contributed by atoms with E-state index in [2.05, 4.69) is 52.4 Å². The number of nitrogens with two attached hydrogens (primary N) is 1. The van der Waals surface area contributed by atoms with Gasteiger partial charge in [-0.3, -0.25) is 0 Å². The average Bonchev–Trinajstić information content (AvgIpc) is 2.95. The molecule has 3 rings (SSSR count). The maximum absolute atomic E-state index is 5.60. The molecule has 0 amide bonds. The van der Waals surface area contributed by atoms with Crippen molar-refractivity contribution in [2.24, 2.45) is 12.8 Å². The van der Waals surface area contributed by atoms with E-state index < -0.39 is 0 Å². The van der Waals surface area contributed by atoms with Crippen LogP contribution in [0.1, 0.15) is 5.01 Å². The van der Waals surface area contributed by atoms with E-state index in [1.54, 1.807) is 11.3 Å². The first-order chi connectivity index (χ1) is 8.29. The van der Waals surface area contributed by atoms with Crippen LogP contribution in [0.15, 0.2) is 35.8 Å². The van der Waals surface area contributed by atoms with E-state index in [1.807, 2.05) is 0 Å². The largest absolute Gasteiger partial charge is 0.350 e. The van der Waals surface area contributed by atoms with Crippen LogP contribution in [-0.2, 0) is 13.6 Å². The van der Waals surface area contributed by atoms with Crippen LogP contribution in [0, 0.1) is 0 Å². The van der Waals surface area contributed by atoms with Crippen LogP contribution in [0.3, 0.4) is 0 Å². The minimum Gasteiger partial charge on any atom is -0.350 e. The van der Waals surface area contributed by atoms with Crippen molar-refractivity contribution in [3.05, 3.63) is 40.8 Å². The molecular formula is C13H13N3S. The Labute approximate surface area is 104 Å². The van der Waals surface area contributed by atoms with E-state index in [9.17, 15) is 0 Å². The number of benzene rings is 1. The fraction of sp³-hybridized carbons (Fsp3) is 0.154. The molecule has 0 fully saturated rings. The molecule has 0 saturated carbocycles. The van der Waals surface area contributed by atoms with Crippen LogP contribution in [0.25, 0.3) is 22.2 Å². The first kappa shape index (κ1) is 10.5. The van der Waals surface area contributed by atoms with E-state index in [-0.39, 0.29) is 0 Å². The zero-order valence-corrected chi connectivity index (χ0v) is 10.4. The van der Waals surface area contributed by atoms with Crippen LogP contribution in [0.4, 0.5) is 0 Å². The summed E-state index contributed by atoms with van der Waals surface area (Å²) in [5.74, 6) is 0. The molecule has 17 heavy (non-hydrogen) atoms. The number of rotatable bonds is 2. The second-order valence-electron chi connectivity index (χ2n) is 4.00. The molecule has 4 heteroatoms. The summed E-state index contributed by atoms with van der Waals surface area (Å²) in [4.78, 5) is 4.54. The number of nitrogens with zero attached hydrogens (tertiary/aromatic N) is 2. The Hall–Kier alpha value is -1.65. The van der Waals surface area contributed by atoms with Gasteiger partial charge in [0.15, 0.2) is 0 Å². The van der Waals surface area contributed by atoms with E-state index in [1.165, 1.54) is 16.5 Å². The summed E-state index contributed by atoms with van der Waals surface area (Å²) in [5.41, 5.74) is 9.03. The smallest absolute Gasteiger partial charge is 0.107 e. The summed E-state index contributed by atoms with van der Waals surface area (Å²) >= 11 is 1.62. The zero-order valence-electron chi connectivity index (χ0n) is 9.55.